The summed E-state index contributed by atoms with van der Waals surface area (Å²) in [5.74, 6) is -0.596. The minimum Gasteiger partial charge on any atom is -0.496 e. The second-order valence-corrected chi connectivity index (χ2v) is 4.60. The van der Waals surface area contributed by atoms with Gasteiger partial charge in [-0.15, -0.1) is 0 Å². The maximum Gasteiger partial charge on any atom is 0.310 e. The molecule has 0 aliphatic rings. The van der Waals surface area contributed by atoms with Crippen molar-refractivity contribution in [1.82, 2.24) is 0 Å². The van der Waals surface area contributed by atoms with Crippen LogP contribution >= 0.6 is 15.9 Å². The van der Waals surface area contributed by atoms with E-state index in [9.17, 15) is 4.79 Å². The van der Waals surface area contributed by atoms with Gasteiger partial charge in [0.15, 0.2) is 0 Å². The van der Waals surface area contributed by atoms with Crippen molar-refractivity contribution >= 4 is 21.9 Å². The molecule has 0 radical (unpaired) electrons. The monoisotopic (exact) mass is 286 g/mol. The molecule has 3 nitrogen and oxygen atoms in total. The molecule has 16 heavy (non-hydrogen) atoms. The highest BCUT2D eigenvalue weighted by Crippen LogP contribution is 2.36. The number of aliphatic carboxylic acids is 1. The molecule has 0 aromatic heterocycles. The molecule has 0 saturated carbocycles. The van der Waals surface area contributed by atoms with E-state index >= 15 is 0 Å². The second-order valence-electron chi connectivity index (χ2n) is 3.81. The van der Waals surface area contributed by atoms with Crippen molar-refractivity contribution < 1.29 is 14.6 Å². The van der Waals surface area contributed by atoms with Crippen LogP contribution in [0, 0.1) is 13.8 Å². The fourth-order valence-corrected chi connectivity index (χ4v) is 2.36. The van der Waals surface area contributed by atoms with E-state index in [1.807, 2.05) is 19.9 Å². The number of carboxylic acid groups (broad SMARTS) is 1. The molecule has 88 valence electrons. The van der Waals surface area contributed by atoms with Gasteiger partial charge in [-0.2, -0.15) is 0 Å². The molecule has 1 aromatic rings. The van der Waals surface area contributed by atoms with E-state index in [2.05, 4.69) is 15.9 Å². The van der Waals surface area contributed by atoms with Crippen molar-refractivity contribution in [3.63, 3.8) is 0 Å². The largest absolute Gasteiger partial charge is 0.496 e. The lowest BCUT2D eigenvalue weighted by Crippen LogP contribution is -2.11. The van der Waals surface area contributed by atoms with Gasteiger partial charge in [-0.25, -0.2) is 0 Å². The summed E-state index contributed by atoms with van der Waals surface area (Å²) in [4.78, 5) is 11.0. The molecule has 1 unspecified atom stereocenters. The lowest BCUT2D eigenvalue weighted by molar-refractivity contribution is -0.138. The van der Waals surface area contributed by atoms with Crippen LogP contribution in [0.4, 0.5) is 0 Å². The Morgan fingerprint density at radius 3 is 2.50 bits per heavy atom. The molecule has 1 N–H and O–H groups in total. The number of carbonyl (C=O) groups is 1. The number of aryl methyl sites for hydroxylation is 1. The molecule has 0 saturated heterocycles. The third-order valence-corrected chi connectivity index (χ3v) is 3.73. The van der Waals surface area contributed by atoms with Gasteiger partial charge < -0.3 is 9.84 Å². The molecule has 0 fully saturated rings. The fourth-order valence-electron chi connectivity index (χ4n) is 1.87. The van der Waals surface area contributed by atoms with Gasteiger partial charge in [0.1, 0.15) is 5.75 Å². The first-order valence-corrected chi connectivity index (χ1v) is 5.75. The number of halogens is 1. The number of hydrogen-bond acceptors (Lipinski definition) is 2. The van der Waals surface area contributed by atoms with Crippen LogP contribution in [0.3, 0.4) is 0 Å². The van der Waals surface area contributed by atoms with Crippen LogP contribution in [0.2, 0.25) is 0 Å². The van der Waals surface area contributed by atoms with Crippen LogP contribution in [-0.4, -0.2) is 18.2 Å². The number of hydrogen-bond donors (Lipinski definition) is 1. The Hall–Kier alpha value is -1.03. The molecule has 0 amide bonds. The Balaban J connectivity index is 3.41. The SMILES string of the molecule is COc1cc(C)c(C(C)C(=O)O)c(C)c1Br. The lowest BCUT2D eigenvalue weighted by Gasteiger charge is -2.17. The van der Waals surface area contributed by atoms with Gasteiger partial charge in [0.2, 0.25) is 0 Å². The van der Waals surface area contributed by atoms with Crippen molar-refractivity contribution in [2.45, 2.75) is 26.7 Å². The molecule has 1 rings (SSSR count). The Morgan fingerprint density at radius 1 is 1.50 bits per heavy atom. The highest BCUT2D eigenvalue weighted by Gasteiger charge is 2.21. The number of carboxylic acids is 1. The summed E-state index contributed by atoms with van der Waals surface area (Å²) in [7, 11) is 1.60. The summed E-state index contributed by atoms with van der Waals surface area (Å²) < 4.78 is 6.03. The number of benzene rings is 1. The van der Waals surface area contributed by atoms with Gasteiger partial charge in [-0.1, -0.05) is 0 Å². The summed E-state index contributed by atoms with van der Waals surface area (Å²) in [6.45, 7) is 5.49. The zero-order chi connectivity index (χ0) is 12.5. The first-order valence-electron chi connectivity index (χ1n) is 4.96. The van der Waals surface area contributed by atoms with Crippen LogP contribution in [0.25, 0.3) is 0 Å². The predicted octanol–water partition coefficient (Wildman–Crippen LogP) is 3.26. The maximum absolute atomic E-state index is 11.0. The molecular weight excluding hydrogens is 272 g/mol. The van der Waals surface area contributed by atoms with Crippen LogP contribution < -0.4 is 4.74 Å². The zero-order valence-electron chi connectivity index (χ0n) is 9.80. The highest BCUT2D eigenvalue weighted by atomic mass is 79.9. The minimum absolute atomic E-state index is 0.512. The van der Waals surface area contributed by atoms with Crippen molar-refractivity contribution in [3.05, 3.63) is 27.2 Å². The molecular formula is C12H15BrO3. The molecule has 1 aromatic carbocycles. The summed E-state index contributed by atoms with van der Waals surface area (Å²) in [6, 6.07) is 1.85. The van der Waals surface area contributed by atoms with Gasteiger partial charge in [0.05, 0.1) is 17.5 Å². The van der Waals surface area contributed by atoms with Crippen molar-refractivity contribution in [3.8, 4) is 5.75 Å². The van der Waals surface area contributed by atoms with Crippen LogP contribution in [0.1, 0.15) is 29.5 Å². The summed E-state index contributed by atoms with van der Waals surface area (Å²) >= 11 is 3.42. The molecule has 0 spiro atoms. The maximum atomic E-state index is 11.0. The standard InChI is InChI=1S/C12H15BrO3/c1-6-5-9(16-4)11(13)7(2)10(6)8(3)12(14)15/h5,8H,1-4H3,(H,14,15). The average Bonchev–Trinajstić information content (AvgIpc) is 2.23. The van der Waals surface area contributed by atoms with E-state index in [1.54, 1.807) is 14.0 Å². The van der Waals surface area contributed by atoms with Crippen LogP contribution in [0.5, 0.6) is 5.75 Å². The first-order chi connectivity index (χ1) is 7.40. The van der Waals surface area contributed by atoms with E-state index in [1.165, 1.54) is 0 Å². The van der Waals surface area contributed by atoms with Gasteiger partial charge in [-0.05, 0) is 59.5 Å². The van der Waals surface area contributed by atoms with Gasteiger partial charge in [-0.3, -0.25) is 4.79 Å². The third kappa shape index (κ3) is 2.21. The normalized spacial score (nSPS) is 12.3. The molecule has 1 atom stereocenters. The van der Waals surface area contributed by atoms with Gasteiger partial charge in [0, 0.05) is 0 Å². The van der Waals surface area contributed by atoms with E-state index < -0.39 is 11.9 Å². The molecule has 0 heterocycles. The average molecular weight is 287 g/mol. The van der Waals surface area contributed by atoms with E-state index in [4.69, 9.17) is 9.84 Å². The van der Waals surface area contributed by atoms with Crippen LogP contribution in [0.15, 0.2) is 10.5 Å². The zero-order valence-corrected chi connectivity index (χ0v) is 11.4. The van der Waals surface area contributed by atoms with Gasteiger partial charge in [0.25, 0.3) is 0 Å². The summed E-state index contributed by atoms with van der Waals surface area (Å²) in [5.41, 5.74) is 2.71. The molecule has 0 aliphatic carbocycles. The quantitative estimate of drug-likeness (QED) is 0.928. The fraction of sp³-hybridized carbons (Fsp3) is 0.417. The third-order valence-electron chi connectivity index (χ3n) is 2.75. The first kappa shape index (κ1) is 13.0. The topological polar surface area (TPSA) is 46.5 Å². The number of rotatable bonds is 3. The van der Waals surface area contributed by atoms with E-state index in [0.717, 1.165) is 26.9 Å². The van der Waals surface area contributed by atoms with E-state index in [-0.39, 0.29) is 0 Å². The number of methoxy groups -OCH3 is 1. The Labute approximate surface area is 104 Å². The Kier molecular flexibility index (Phi) is 3.97. The molecule has 0 aliphatic heterocycles. The summed E-state index contributed by atoms with van der Waals surface area (Å²) in [5, 5.41) is 9.06. The minimum atomic E-state index is -0.816. The Morgan fingerprint density at radius 2 is 2.06 bits per heavy atom. The Bertz CT molecular complexity index is 427. The smallest absolute Gasteiger partial charge is 0.310 e. The number of ether oxygens (including phenoxy) is 1. The second kappa shape index (κ2) is 4.87. The van der Waals surface area contributed by atoms with Crippen molar-refractivity contribution in [1.29, 1.82) is 0 Å². The van der Waals surface area contributed by atoms with Crippen LogP contribution in [-0.2, 0) is 4.79 Å². The van der Waals surface area contributed by atoms with Crippen molar-refractivity contribution in [2.24, 2.45) is 0 Å². The van der Waals surface area contributed by atoms with E-state index in [0.29, 0.717) is 0 Å². The lowest BCUT2D eigenvalue weighted by atomic mass is 9.92. The van der Waals surface area contributed by atoms with Gasteiger partial charge >= 0.3 is 5.97 Å². The highest BCUT2D eigenvalue weighted by molar-refractivity contribution is 9.10. The van der Waals surface area contributed by atoms with Crippen molar-refractivity contribution in [2.75, 3.05) is 7.11 Å². The summed E-state index contributed by atoms with van der Waals surface area (Å²) in [6.07, 6.45) is 0. The predicted molar refractivity (Wildman–Crippen MR) is 66.2 cm³/mol. The molecule has 4 heteroatoms. The molecule has 0 bridgehead atoms.